The van der Waals surface area contributed by atoms with E-state index < -0.39 is 21.3 Å². The van der Waals surface area contributed by atoms with Gasteiger partial charge in [-0.05, 0) is 0 Å². The van der Waals surface area contributed by atoms with Gasteiger partial charge in [0.1, 0.15) is 0 Å². The summed E-state index contributed by atoms with van der Waals surface area (Å²) in [6.45, 7) is 0. The number of carboxylic acid groups (broad SMARTS) is 1. The van der Waals surface area contributed by atoms with Gasteiger partial charge in [0.25, 0.3) is 0 Å². The Kier molecular flexibility index (Phi) is 2.87. The zero-order chi connectivity index (χ0) is 9.14. The summed E-state index contributed by atoms with van der Waals surface area (Å²) >= 11 is -3.07. The molecule has 64 valence electrons. The summed E-state index contributed by atoms with van der Waals surface area (Å²) < 4.78 is 17.9. The van der Waals surface area contributed by atoms with Crippen LogP contribution in [0.3, 0.4) is 0 Å². The summed E-state index contributed by atoms with van der Waals surface area (Å²) in [7, 11) is 0. The molecule has 1 aromatic rings. The second kappa shape index (κ2) is 3.72. The zero-order valence-corrected chi connectivity index (χ0v) is 7.88. The van der Waals surface area contributed by atoms with Crippen molar-refractivity contribution in [3.63, 3.8) is 0 Å². The van der Waals surface area contributed by atoms with Crippen molar-refractivity contribution >= 4 is 25.7 Å². The molecule has 0 amide bonds. The van der Waals surface area contributed by atoms with Crippen LogP contribution < -0.4 is 4.35 Å². The molecule has 4 nitrogen and oxygen atoms in total. The van der Waals surface area contributed by atoms with Crippen LogP contribution in [0.25, 0.3) is 0 Å². The fraction of sp³-hybridized carbons (Fsp3) is 0. The number of aromatic carboxylic acids is 1. The number of rotatable bonds is 2. The summed E-state index contributed by atoms with van der Waals surface area (Å²) in [4.78, 5) is 10.5. The van der Waals surface area contributed by atoms with Gasteiger partial charge in [-0.1, -0.05) is 0 Å². The third kappa shape index (κ3) is 1.85. The van der Waals surface area contributed by atoms with Crippen molar-refractivity contribution in [3.05, 3.63) is 29.8 Å². The Balaban J connectivity index is 3.17. The summed E-state index contributed by atoms with van der Waals surface area (Å²) in [5, 5.41) is 8.62. The molecule has 3 N–H and O–H groups in total. The van der Waals surface area contributed by atoms with Crippen LogP contribution in [0.1, 0.15) is 10.4 Å². The Morgan fingerprint density at radius 3 is 2.25 bits per heavy atom. The van der Waals surface area contributed by atoms with E-state index in [9.17, 15) is 4.79 Å². The molecule has 0 aliphatic carbocycles. The molecule has 0 spiro atoms. The van der Waals surface area contributed by atoms with Gasteiger partial charge < -0.3 is 0 Å². The van der Waals surface area contributed by atoms with E-state index in [1.54, 1.807) is 12.1 Å². The van der Waals surface area contributed by atoms with Crippen LogP contribution in [0, 0.1) is 0 Å². The van der Waals surface area contributed by atoms with E-state index in [1.807, 2.05) is 0 Å². The number of hydrogen-bond donors (Lipinski definition) is 3. The van der Waals surface area contributed by atoms with Crippen LogP contribution in [0.2, 0.25) is 0 Å². The molecule has 0 fully saturated rings. The van der Waals surface area contributed by atoms with Gasteiger partial charge in [-0.15, -0.1) is 0 Å². The minimum atomic E-state index is -3.07. The van der Waals surface area contributed by atoms with Crippen LogP contribution in [-0.4, -0.2) is 34.6 Å². The van der Waals surface area contributed by atoms with E-state index in [-0.39, 0.29) is 9.91 Å². The molecule has 0 heterocycles. The van der Waals surface area contributed by atoms with Crippen LogP contribution in [0.4, 0.5) is 0 Å². The van der Waals surface area contributed by atoms with E-state index in [0.29, 0.717) is 0 Å². The monoisotopic (exact) mass is 230 g/mol. The third-order valence-corrected chi connectivity index (χ3v) is 3.07. The molecule has 0 atom stereocenters. The number of carbonyl (C=O) groups is 1. The first-order chi connectivity index (χ1) is 5.63. The van der Waals surface area contributed by atoms with Gasteiger partial charge >= 0.3 is 73.6 Å². The second-order valence-electron chi connectivity index (χ2n) is 2.11. The van der Waals surface area contributed by atoms with E-state index in [0.717, 1.165) is 0 Å². The molecule has 0 aliphatic rings. The maximum atomic E-state index is 10.5. The second-order valence-corrected chi connectivity index (χ2v) is 4.34. The Labute approximate surface area is 74.1 Å². The molecule has 12 heavy (non-hydrogen) atoms. The van der Waals surface area contributed by atoms with Crippen molar-refractivity contribution in [2.24, 2.45) is 0 Å². The molecule has 1 aromatic carbocycles. The van der Waals surface area contributed by atoms with Gasteiger partial charge in [0, 0.05) is 0 Å². The van der Waals surface area contributed by atoms with Crippen molar-refractivity contribution in [1.29, 1.82) is 0 Å². The summed E-state index contributed by atoms with van der Waals surface area (Å²) in [6.07, 6.45) is 0. The summed E-state index contributed by atoms with van der Waals surface area (Å²) in [5.41, 5.74) is -0.0255. The summed E-state index contributed by atoms with van der Waals surface area (Å²) in [5.74, 6) is -1.13. The van der Waals surface area contributed by atoms with E-state index in [1.165, 1.54) is 12.1 Å². The first kappa shape index (κ1) is 9.26. The number of carboxylic acids is 1. The third-order valence-electron chi connectivity index (χ3n) is 1.35. The molecule has 1 rings (SSSR count). The van der Waals surface area contributed by atoms with Gasteiger partial charge in [0.05, 0.1) is 0 Å². The summed E-state index contributed by atoms with van der Waals surface area (Å²) in [6, 6.07) is 5.90. The minimum absolute atomic E-state index is 0.0255. The molecule has 0 saturated carbocycles. The number of hydrogen-bond acceptors (Lipinski definition) is 3. The fourth-order valence-corrected chi connectivity index (χ4v) is 2.10. The van der Waals surface area contributed by atoms with E-state index in [4.69, 9.17) is 13.3 Å². The molecule has 5 heteroatoms. The fourth-order valence-electron chi connectivity index (χ4n) is 0.829. The standard InChI is InChI=1S/C7H7AsO4/c9-7(10)5-3-1-2-4-6(5)8(11)12/h1-4,11-12H,(H,9,10). The topological polar surface area (TPSA) is 77.8 Å². The first-order valence-electron chi connectivity index (χ1n) is 3.13. The van der Waals surface area contributed by atoms with Crippen molar-refractivity contribution in [2.45, 2.75) is 0 Å². The Morgan fingerprint density at radius 1 is 1.25 bits per heavy atom. The maximum absolute atomic E-state index is 10.5. The van der Waals surface area contributed by atoms with E-state index in [2.05, 4.69) is 0 Å². The molecule has 0 unspecified atom stereocenters. The van der Waals surface area contributed by atoms with Crippen LogP contribution in [0.5, 0.6) is 0 Å². The van der Waals surface area contributed by atoms with Gasteiger partial charge in [-0.25, -0.2) is 0 Å². The average Bonchev–Trinajstić information content (AvgIpc) is 2.04. The van der Waals surface area contributed by atoms with Crippen molar-refractivity contribution in [3.8, 4) is 0 Å². The van der Waals surface area contributed by atoms with Crippen molar-refractivity contribution in [1.82, 2.24) is 0 Å². The zero-order valence-electron chi connectivity index (χ0n) is 6.01. The van der Waals surface area contributed by atoms with Crippen molar-refractivity contribution < 1.29 is 18.1 Å². The molecule has 0 radical (unpaired) electrons. The Bertz CT molecular complexity index is 297. The van der Waals surface area contributed by atoms with Crippen molar-refractivity contribution in [2.75, 3.05) is 0 Å². The van der Waals surface area contributed by atoms with Crippen LogP contribution >= 0.6 is 0 Å². The van der Waals surface area contributed by atoms with Gasteiger partial charge in [0.2, 0.25) is 0 Å². The number of benzene rings is 1. The quantitative estimate of drug-likeness (QED) is 0.573. The normalized spacial score (nSPS) is 10.2. The molecular formula is C7H7AsO4. The van der Waals surface area contributed by atoms with Gasteiger partial charge in [0.15, 0.2) is 0 Å². The van der Waals surface area contributed by atoms with Crippen LogP contribution in [-0.2, 0) is 0 Å². The Morgan fingerprint density at radius 2 is 1.83 bits per heavy atom. The van der Waals surface area contributed by atoms with E-state index >= 15 is 0 Å². The van der Waals surface area contributed by atoms with Gasteiger partial charge in [-0.2, -0.15) is 0 Å². The molecule has 0 aromatic heterocycles. The molecular weight excluding hydrogens is 223 g/mol. The van der Waals surface area contributed by atoms with Gasteiger partial charge in [-0.3, -0.25) is 0 Å². The average molecular weight is 230 g/mol. The predicted octanol–water partition coefficient (Wildman–Crippen LogP) is -0.935. The molecule has 0 aliphatic heterocycles. The SMILES string of the molecule is O=C(O)c1ccccc1[As](O)O. The van der Waals surface area contributed by atoms with Crippen LogP contribution in [0.15, 0.2) is 24.3 Å². The molecule has 0 saturated heterocycles. The Hall–Kier alpha value is -0.832. The first-order valence-corrected chi connectivity index (χ1v) is 5.75. The molecule has 0 bridgehead atoms. The predicted molar refractivity (Wildman–Crippen MR) is 43.2 cm³/mol.